The van der Waals surface area contributed by atoms with Crippen molar-refractivity contribution in [1.82, 2.24) is 0 Å². The van der Waals surface area contributed by atoms with Crippen LogP contribution in [0.3, 0.4) is 0 Å². The second-order valence-electron chi connectivity index (χ2n) is 12.8. The van der Waals surface area contributed by atoms with Gasteiger partial charge < -0.3 is 0 Å². The fourth-order valence-corrected chi connectivity index (χ4v) is 7.57. The zero-order valence-electron chi connectivity index (χ0n) is 24.9. The SMILES string of the molecule is CC1=Cc2c(C)c(C)cc3c2=C1C(C1C(C)=C2C=C(C(C)C)C=Cc4cc(C)c(C)c1c42)C(C(C)C)=CC=3. The Morgan fingerprint density at radius 1 is 0.711 bits per heavy atom. The van der Waals surface area contributed by atoms with E-state index in [0.29, 0.717) is 23.7 Å². The van der Waals surface area contributed by atoms with Crippen molar-refractivity contribution >= 4 is 29.4 Å². The molecule has 0 aliphatic heterocycles. The lowest BCUT2D eigenvalue weighted by molar-refractivity contribution is 0.581. The number of hydrogen-bond donors (Lipinski definition) is 0. The number of benzene rings is 2. The molecular weight excluding hydrogens is 456 g/mol. The van der Waals surface area contributed by atoms with Gasteiger partial charge in [-0.2, -0.15) is 0 Å². The molecule has 194 valence electrons. The smallest absolute Gasteiger partial charge is 0.0170 e. The standard InChI is InChI=1S/C38H42/c1-19(2)27-11-12-28-16-22(6)25(9)34-35(26(10)32(18-27)37(28)34)38-30(20(3)4)14-13-29-15-21(5)24(8)31-17-23(7)33(38)36(29)31/h11-20,35,38H,1-10H3. The van der Waals surface area contributed by atoms with Gasteiger partial charge >= 0.3 is 0 Å². The van der Waals surface area contributed by atoms with Gasteiger partial charge in [-0.15, -0.1) is 0 Å². The van der Waals surface area contributed by atoms with Crippen LogP contribution in [-0.2, 0) is 0 Å². The second kappa shape index (κ2) is 8.70. The van der Waals surface area contributed by atoms with Gasteiger partial charge in [-0.3, -0.25) is 0 Å². The third kappa shape index (κ3) is 3.42. The largest absolute Gasteiger partial charge is 0.0615 e. The Kier molecular flexibility index (Phi) is 5.76. The van der Waals surface area contributed by atoms with Crippen LogP contribution in [-0.4, -0.2) is 0 Å². The first-order valence-corrected chi connectivity index (χ1v) is 14.5. The molecule has 0 saturated carbocycles. The molecule has 0 heterocycles. The van der Waals surface area contributed by atoms with Gasteiger partial charge in [0, 0.05) is 11.8 Å². The molecule has 2 atom stereocenters. The molecule has 0 N–H and O–H groups in total. The lowest BCUT2D eigenvalue weighted by atomic mass is 9.69. The van der Waals surface area contributed by atoms with Crippen molar-refractivity contribution in [2.24, 2.45) is 17.8 Å². The van der Waals surface area contributed by atoms with Gasteiger partial charge in [-0.1, -0.05) is 87.4 Å². The summed E-state index contributed by atoms with van der Waals surface area (Å²) in [5.41, 5.74) is 20.6. The molecule has 6 rings (SSSR count). The lowest BCUT2D eigenvalue weighted by Gasteiger charge is -2.33. The average molecular weight is 499 g/mol. The second-order valence-corrected chi connectivity index (χ2v) is 12.8. The summed E-state index contributed by atoms with van der Waals surface area (Å²) >= 11 is 0. The molecule has 38 heavy (non-hydrogen) atoms. The third-order valence-corrected chi connectivity index (χ3v) is 9.94. The summed E-state index contributed by atoms with van der Waals surface area (Å²) in [6, 6.07) is 4.84. The zero-order valence-corrected chi connectivity index (χ0v) is 24.9. The summed E-state index contributed by atoms with van der Waals surface area (Å²) in [5, 5.41) is 2.88. The summed E-state index contributed by atoms with van der Waals surface area (Å²) < 4.78 is 0. The summed E-state index contributed by atoms with van der Waals surface area (Å²) in [6.45, 7) is 23.4. The van der Waals surface area contributed by atoms with Crippen LogP contribution in [0.4, 0.5) is 0 Å². The Hall–Kier alpha value is -3.12. The van der Waals surface area contributed by atoms with E-state index in [-0.39, 0.29) is 0 Å². The van der Waals surface area contributed by atoms with E-state index in [1.165, 1.54) is 71.7 Å². The van der Waals surface area contributed by atoms with Gasteiger partial charge in [0.25, 0.3) is 0 Å². The molecule has 0 heteroatoms. The molecule has 2 aromatic carbocycles. The Labute approximate surface area is 229 Å². The highest BCUT2D eigenvalue weighted by molar-refractivity contribution is 5.94. The van der Waals surface area contributed by atoms with E-state index in [1.54, 1.807) is 16.7 Å². The summed E-state index contributed by atoms with van der Waals surface area (Å²) in [5.74, 6) is 1.64. The molecule has 0 spiro atoms. The highest BCUT2D eigenvalue weighted by Gasteiger charge is 2.42. The van der Waals surface area contributed by atoms with E-state index in [4.69, 9.17) is 0 Å². The van der Waals surface area contributed by atoms with Crippen molar-refractivity contribution in [1.29, 1.82) is 0 Å². The highest BCUT2D eigenvalue weighted by Crippen LogP contribution is 2.56. The molecule has 0 aromatic heterocycles. The molecule has 4 aliphatic carbocycles. The Morgan fingerprint density at radius 3 is 2.11 bits per heavy atom. The van der Waals surface area contributed by atoms with Gasteiger partial charge in [-0.25, -0.2) is 0 Å². The summed E-state index contributed by atoms with van der Waals surface area (Å²) in [6.07, 6.45) is 14.6. The van der Waals surface area contributed by atoms with Crippen LogP contribution in [0.2, 0.25) is 0 Å². The monoisotopic (exact) mass is 498 g/mol. The fourth-order valence-electron chi connectivity index (χ4n) is 7.57. The van der Waals surface area contributed by atoms with Gasteiger partial charge in [-0.05, 0) is 131 Å². The molecule has 0 radical (unpaired) electrons. The average Bonchev–Trinajstić information content (AvgIpc) is 3.17. The van der Waals surface area contributed by atoms with E-state index in [9.17, 15) is 0 Å². The van der Waals surface area contributed by atoms with Gasteiger partial charge in [0.15, 0.2) is 0 Å². The van der Waals surface area contributed by atoms with E-state index in [0.717, 1.165) is 0 Å². The normalized spacial score (nSPS) is 21.3. The molecule has 4 aliphatic rings. The summed E-state index contributed by atoms with van der Waals surface area (Å²) in [7, 11) is 0. The molecule has 0 nitrogen and oxygen atoms in total. The van der Waals surface area contributed by atoms with Crippen molar-refractivity contribution in [3.63, 3.8) is 0 Å². The van der Waals surface area contributed by atoms with Crippen LogP contribution in [0.25, 0.3) is 29.4 Å². The predicted molar refractivity (Wildman–Crippen MR) is 166 cm³/mol. The topological polar surface area (TPSA) is 0 Å². The minimum Gasteiger partial charge on any atom is -0.0615 e. The van der Waals surface area contributed by atoms with Gasteiger partial charge in [0.2, 0.25) is 0 Å². The maximum absolute atomic E-state index is 2.51. The molecule has 0 bridgehead atoms. The Morgan fingerprint density at radius 2 is 1.42 bits per heavy atom. The van der Waals surface area contributed by atoms with Crippen molar-refractivity contribution in [2.45, 2.75) is 75.2 Å². The van der Waals surface area contributed by atoms with Crippen LogP contribution < -0.4 is 10.4 Å². The van der Waals surface area contributed by atoms with E-state index in [2.05, 4.69) is 118 Å². The number of hydrogen-bond acceptors (Lipinski definition) is 0. The molecule has 2 unspecified atom stereocenters. The van der Waals surface area contributed by atoms with E-state index >= 15 is 0 Å². The maximum atomic E-state index is 2.51. The highest BCUT2D eigenvalue weighted by atomic mass is 14.4. The molecule has 0 fully saturated rings. The molecular formula is C38H42. The number of aryl methyl sites for hydroxylation is 2. The van der Waals surface area contributed by atoms with Crippen LogP contribution in [0, 0.1) is 45.4 Å². The van der Waals surface area contributed by atoms with Crippen LogP contribution in [0.1, 0.15) is 92.0 Å². The molecule has 0 amide bonds. The molecule has 0 saturated heterocycles. The fraction of sp³-hybridized carbons (Fsp3) is 0.368. The minimum absolute atomic E-state index is 0.330. The molecule has 2 aromatic rings. The number of allylic oxidation sites excluding steroid dienone is 8. The summed E-state index contributed by atoms with van der Waals surface area (Å²) in [4.78, 5) is 0. The zero-order chi connectivity index (χ0) is 27.2. The van der Waals surface area contributed by atoms with Crippen LogP contribution in [0.15, 0.2) is 52.7 Å². The van der Waals surface area contributed by atoms with E-state index < -0.39 is 0 Å². The third-order valence-electron chi connectivity index (χ3n) is 9.94. The quantitative estimate of drug-likeness (QED) is 0.397. The van der Waals surface area contributed by atoms with Crippen molar-refractivity contribution in [3.05, 3.63) is 108 Å². The first kappa shape index (κ1) is 25.2. The lowest BCUT2D eigenvalue weighted by Crippen LogP contribution is -2.32. The number of rotatable bonds is 3. The first-order chi connectivity index (χ1) is 18.0. The van der Waals surface area contributed by atoms with Crippen molar-refractivity contribution < 1.29 is 0 Å². The van der Waals surface area contributed by atoms with E-state index in [1.807, 2.05) is 0 Å². The van der Waals surface area contributed by atoms with Crippen LogP contribution in [0.5, 0.6) is 0 Å². The van der Waals surface area contributed by atoms with Crippen molar-refractivity contribution in [2.75, 3.05) is 0 Å². The Bertz CT molecular complexity index is 1700. The van der Waals surface area contributed by atoms with Gasteiger partial charge in [0.05, 0.1) is 0 Å². The van der Waals surface area contributed by atoms with Crippen LogP contribution >= 0.6 is 0 Å². The van der Waals surface area contributed by atoms with Crippen molar-refractivity contribution in [3.8, 4) is 0 Å². The maximum Gasteiger partial charge on any atom is 0.0170 e. The Balaban J connectivity index is 1.74. The minimum atomic E-state index is 0.330. The predicted octanol–water partition coefficient (Wildman–Crippen LogP) is 8.66. The van der Waals surface area contributed by atoms with Gasteiger partial charge in [0.1, 0.15) is 0 Å². The first-order valence-electron chi connectivity index (χ1n) is 14.5.